The third kappa shape index (κ3) is 4.53. The lowest BCUT2D eigenvalue weighted by atomic mass is 10.1. The van der Waals surface area contributed by atoms with Crippen LogP contribution in [-0.2, 0) is 11.2 Å². The average Bonchev–Trinajstić information content (AvgIpc) is 3.22. The van der Waals surface area contributed by atoms with Gasteiger partial charge in [-0.3, -0.25) is 9.69 Å². The molecule has 1 atom stereocenters. The summed E-state index contributed by atoms with van der Waals surface area (Å²) in [6.45, 7) is 3.15. The second-order valence-electron chi connectivity index (χ2n) is 5.67. The van der Waals surface area contributed by atoms with E-state index in [1.165, 1.54) is 18.4 Å². The molecule has 0 spiro atoms. The van der Waals surface area contributed by atoms with E-state index in [-0.39, 0.29) is 12.6 Å². The fourth-order valence-corrected chi connectivity index (χ4v) is 2.44. The molecule has 2 rings (SSSR count). The van der Waals surface area contributed by atoms with E-state index in [9.17, 15) is 4.79 Å². The minimum absolute atomic E-state index is 0.133. The van der Waals surface area contributed by atoms with Crippen LogP contribution in [-0.4, -0.2) is 42.2 Å². The summed E-state index contributed by atoms with van der Waals surface area (Å²) in [6, 6.07) is 8.23. The second-order valence-corrected chi connectivity index (χ2v) is 5.67. The van der Waals surface area contributed by atoms with Crippen molar-refractivity contribution in [2.45, 2.75) is 32.2 Å². The predicted octanol–water partition coefficient (Wildman–Crippen LogP) is 2.42. The van der Waals surface area contributed by atoms with Crippen molar-refractivity contribution in [2.24, 2.45) is 5.92 Å². The topological polar surface area (TPSA) is 49.8 Å². The first kappa shape index (κ1) is 14.9. The summed E-state index contributed by atoms with van der Waals surface area (Å²) in [5.41, 5.74) is 1.21. The molecule has 0 amide bonds. The molecule has 0 aromatic heterocycles. The van der Waals surface area contributed by atoms with E-state index in [1.54, 1.807) is 7.11 Å². The Hall–Kier alpha value is -1.55. The maximum atomic E-state index is 11.0. The fourth-order valence-electron chi connectivity index (χ4n) is 2.44. The summed E-state index contributed by atoms with van der Waals surface area (Å²) in [5.74, 6) is 0.807. The van der Waals surface area contributed by atoms with Gasteiger partial charge in [0, 0.05) is 12.6 Å². The number of hydrogen-bond acceptors (Lipinski definition) is 3. The SMILES string of the molecule is COc1ccc(CC(C)N(CC(=O)O)CC2CC2)cc1. The Labute approximate surface area is 120 Å². The van der Waals surface area contributed by atoms with Gasteiger partial charge in [-0.15, -0.1) is 0 Å². The van der Waals surface area contributed by atoms with Gasteiger partial charge in [-0.25, -0.2) is 0 Å². The standard InChI is InChI=1S/C16H23NO3/c1-12(9-13-5-7-15(20-2)8-6-13)17(11-16(18)19)10-14-3-4-14/h5-8,12,14H,3-4,9-11H2,1-2H3,(H,18,19). The highest BCUT2D eigenvalue weighted by Gasteiger charge is 2.27. The van der Waals surface area contributed by atoms with Crippen LogP contribution in [0.1, 0.15) is 25.3 Å². The number of carbonyl (C=O) groups is 1. The first-order valence-corrected chi connectivity index (χ1v) is 7.17. The predicted molar refractivity (Wildman–Crippen MR) is 78.1 cm³/mol. The van der Waals surface area contributed by atoms with E-state index in [1.807, 2.05) is 24.3 Å². The molecule has 0 heterocycles. The average molecular weight is 277 g/mol. The zero-order chi connectivity index (χ0) is 14.5. The van der Waals surface area contributed by atoms with Gasteiger partial charge < -0.3 is 9.84 Å². The quantitative estimate of drug-likeness (QED) is 0.793. The van der Waals surface area contributed by atoms with E-state index in [2.05, 4.69) is 11.8 Å². The minimum atomic E-state index is -0.743. The fraction of sp³-hybridized carbons (Fsp3) is 0.562. The van der Waals surface area contributed by atoms with Crippen LogP contribution in [0.2, 0.25) is 0 Å². The molecule has 1 aliphatic rings. The number of methoxy groups -OCH3 is 1. The van der Waals surface area contributed by atoms with Crippen molar-refractivity contribution in [3.05, 3.63) is 29.8 Å². The molecular formula is C16H23NO3. The van der Waals surface area contributed by atoms with Crippen molar-refractivity contribution < 1.29 is 14.6 Å². The van der Waals surface area contributed by atoms with Crippen LogP contribution in [0, 0.1) is 5.92 Å². The number of nitrogens with zero attached hydrogens (tertiary/aromatic N) is 1. The zero-order valence-electron chi connectivity index (χ0n) is 12.2. The van der Waals surface area contributed by atoms with Crippen LogP contribution in [0.5, 0.6) is 5.75 Å². The minimum Gasteiger partial charge on any atom is -0.497 e. The summed E-state index contributed by atoms with van der Waals surface area (Å²) < 4.78 is 5.15. The molecule has 110 valence electrons. The van der Waals surface area contributed by atoms with Crippen LogP contribution in [0.3, 0.4) is 0 Å². The van der Waals surface area contributed by atoms with Crippen molar-refractivity contribution >= 4 is 5.97 Å². The van der Waals surface area contributed by atoms with Gasteiger partial charge >= 0.3 is 5.97 Å². The Bertz CT molecular complexity index is 440. The molecule has 20 heavy (non-hydrogen) atoms. The molecule has 0 radical (unpaired) electrons. The third-order valence-corrected chi connectivity index (χ3v) is 3.84. The molecule has 1 fully saturated rings. The zero-order valence-corrected chi connectivity index (χ0v) is 12.2. The Balaban J connectivity index is 1.94. The van der Waals surface area contributed by atoms with E-state index in [4.69, 9.17) is 9.84 Å². The summed E-state index contributed by atoms with van der Waals surface area (Å²) in [6.07, 6.45) is 3.35. The molecule has 4 heteroatoms. The van der Waals surface area contributed by atoms with Crippen LogP contribution in [0.4, 0.5) is 0 Å². The molecule has 1 aliphatic carbocycles. The van der Waals surface area contributed by atoms with Crippen LogP contribution in [0.25, 0.3) is 0 Å². The van der Waals surface area contributed by atoms with Crippen molar-refractivity contribution in [3.8, 4) is 5.75 Å². The highest BCUT2D eigenvalue weighted by atomic mass is 16.5. The lowest BCUT2D eigenvalue weighted by Gasteiger charge is -2.27. The van der Waals surface area contributed by atoms with Gasteiger partial charge in [0.05, 0.1) is 13.7 Å². The first-order valence-electron chi connectivity index (χ1n) is 7.17. The first-order chi connectivity index (χ1) is 9.58. The van der Waals surface area contributed by atoms with Crippen molar-refractivity contribution in [3.63, 3.8) is 0 Å². The van der Waals surface area contributed by atoms with E-state index < -0.39 is 5.97 Å². The molecule has 1 aromatic carbocycles. The van der Waals surface area contributed by atoms with Crippen LogP contribution >= 0.6 is 0 Å². The summed E-state index contributed by atoms with van der Waals surface area (Å²) >= 11 is 0. The molecule has 1 unspecified atom stereocenters. The molecule has 4 nitrogen and oxygen atoms in total. The maximum Gasteiger partial charge on any atom is 0.317 e. The number of carboxylic acid groups (broad SMARTS) is 1. The van der Waals surface area contributed by atoms with E-state index in [0.29, 0.717) is 5.92 Å². The second kappa shape index (κ2) is 6.75. The summed E-state index contributed by atoms with van der Waals surface area (Å²) in [5, 5.41) is 9.04. The van der Waals surface area contributed by atoms with Crippen molar-refractivity contribution in [2.75, 3.05) is 20.2 Å². The molecule has 1 aromatic rings. The lowest BCUT2D eigenvalue weighted by molar-refractivity contribution is -0.138. The Morgan fingerprint density at radius 1 is 1.40 bits per heavy atom. The van der Waals surface area contributed by atoms with E-state index in [0.717, 1.165) is 18.7 Å². The highest BCUT2D eigenvalue weighted by Crippen LogP contribution is 2.30. The van der Waals surface area contributed by atoms with Gasteiger partial charge in [0.1, 0.15) is 5.75 Å². The number of carboxylic acids is 1. The number of benzene rings is 1. The van der Waals surface area contributed by atoms with Crippen molar-refractivity contribution in [1.82, 2.24) is 4.90 Å². The molecule has 0 saturated heterocycles. The number of aliphatic carboxylic acids is 1. The van der Waals surface area contributed by atoms with Gasteiger partial charge in [-0.1, -0.05) is 12.1 Å². The van der Waals surface area contributed by atoms with E-state index >= 15 is 0 Å². The highest BCUT2D eigenvalue weighted by molar-refractivity contribution is 5.69. The monoisotopic (exact) mass is 277 g/mol. The number of ether oxygens (including phenoxy) is 1. The van der Waals surface area contributed by atoms with Gasteiger partial charge in [0.15, 0.2) is 0 Å². The maximum absolute atomic E-state index is 11.0. The largest absolute Gasteiger partial charge is 0.497 e. The smallest absolute Gasteiger partial charge is 0.317 e. The Kier molecular flexibility index (Phi) is 5.01. The Morgan fingerprint density at radius 3 is 2.55 bits per heavy atom. The summed E-state index contributed by atoms with van der Waals surface area (Å²) in [7, 11) is 1.65. The van der Waals surface area contributed by atoms with Crippen LogP contribution < -0.4 is 4.74 Å². The molecule has 0 aliphatic heterocycles. The van der Waals surface area contributed by atoms with Crippen molar-refractivity contribution in [1.29, 1.82) is 0 Å². The normalized spacial score (nSPS) is 16.1. The lowest BCUT2D eigenvalue weighted by Crippen LogP contribution is -2.40. The summed E-state index contributed by atoms with van der Waals surface area (Å²) in [4.78, 5) is 13.1. The number of rotatable bonds is 8. The van der Waals surface area contributed by atoms with Gasteiger partial charge in [-0.2, -0.15) is 0 Å². The molecular weight excluding hydrogens is 254 g/mol. The van der Waals surface area contributed by atoms with Gasteiger partial charge in [-0.05, 0) is 49.8 Å². The van der Waals surface area contributed by atoms with Gasteiger partial charge in [0.2, 0.25) is 0 Å². The van der Waals surface area contributed by atoms with Crippen LogP contribution in [0.15, 0.2) is 24.3 Å². The molecule has 0 bridgehead atoms. The molecule has 1 N–H and O–H groups in total. The van der Waals surface area contributed by atoms with Gasteiger partial charge in [0.25, 0.3) is 0 Å². The third-order valence-electron chi connectivity index (χ3n) is 3.84. The Morgan fingerprint density at radius 2 is 2.05 bits per heavy atom. The number of hydrogen-bond donors (Lipinski definition) is 1. The molecule has 1 saturated carbocycles.